The lowest BCUT2D eigenvalue weighted by Gasteiger charge is -2.09. The zero-order valence-corrected chi connectivity index (χ0v) is 9.77. The zero-order valence-electron chi connectivity index (χ0n) is 9.77. The normalized spacial score (nSPS) is 10.3. The molecule has 0 aliphatic rings. The molecule has 0 heterocycles. The van der Waals surface area contributed by atoms with Crippen LogP contribution in [0.4, 0.5) is 11.4 Å². The van der Waals surface area contributed by atoms with Crippen LogP contribution in [0.1, 0.15) is 24.2 Å². The number of hydrogen-bond acceptors (Lipinski definition) is 4. The summed E-state index contributed by atoms with van der Waals surface area (Å²) in [5, 5.41) is 13.2. The fourth-order valence-electron chi connectivity index (χ4n) is 1.26. The molecule has 6 nitrogen and oxygen atoms in total. The largest absolute Gasteiger partial charge is 0.398 e. The fourth-order valence-corrected chi connectivity index (χ4v) is 1.26. The molecular formula is C11H15N3O3. The molecule has 0 unspecified atom stereocenters. The molecule has 1 rings (SSSR count). The lowest BCUT2D eigenvalue weighted by Crippen LogP contribution is -2.27. The summed E-state index contributed by atoms with van der Waals surface area (Å²) < 4.78 is 0. The molecular weight excluding hydrogens is 222 g/mol. The van der Waals surface area contributed by atoms with Crippen molar-refractivity contribution in [1.29, 1.82) is 0 Å². The maximum atomic E-state index is 11.7. The van der Waals surface area contributed by atoms with Crippen molar-refractivity contribution in [2.45, 2.75) is 13.8 Å². The summed E-state index contributed by atoms with van der Waals surface area (Å²) in [5.74, 6) is 0.0179. The van der Waals surface area contributed by atoms with Gasteiger partial charge in [0.15, 0.2) is 0 Å². The number of nitrogen functional groups attached to an aromatic ring is 1. The highest BCUT2D eigenvalue weighted by atomic mass is 16.6. The number of anilines is 1. The van der Waals surface area contributed by atoms with E-state index in [4.69, 9.17) is 5.73 Å². The molecule has 0 spiro atoms. The minimum absolute atomic E-state index is 0.112. The Hall–Kier alpha value is -2.11. The van der Waals surface area contributed by atoms with Gasteiger partial charge in [0.1, 0.15) is 0 Å². The van der Waals surface area contributed by atoms with Gasteiger partial charge in [-0.2, -0.15) is 0 Å². The van der Waals surface area contributed by atoms with E-state index in [1.807, 2.05) is 13.8 Å². The Balaban J connectivity index is 2.85. The van der Waals surface area contributed by atoms with E-state index in [1.54, 1.807) is 0 Å². The molecule has 1 aromatic carbocycles. The first kappa shape index (κ1) is 13.0. The third-order valence-electron chi connectivity index (χ3n) is 2.16. The smallest absolute Gasteiger partial charge is 0.271 e. The molecule has 0 bridgehead atoms. The van der Waals surface area contributed by atoms with Crippen LogP contribution in [0.2, 0.25) is 0 Å². The van der Waals surface area contributed by atoms with Gasteiger partial charge in [-0.3, -0.25) is 14.9 Å². The highest BCUT2D eigenvalue weighted by Crippen LogP contribution is 2.19. The number of rotatable bonds is 4. The monoisotopic (exact) mass is 237 g/mol. The second-order valence-electron chi connectivity index (χ2n) is 4.13. The quantitative estimate of drug-likeness (QED) is 0.471. The van der Waals surface area contributed by atoms with Gasteiger partial charge in [-0.05, 0) is 12.0 Å². The zero-order chi connectivity index (χ0) is 13.0. The highest BCUT2D eigenvalue weighted by molar-refractivity contribution is 5.99. The first-order valence-electron chi connectivity index (χ1n) is 5.24. The number of non-ortho nitro benzene ring substituents is 1. The minimum atomic E-state index is -0.549. The molecule has 0 atom stereocenters. The Bertz CT molecular complexity index is 444. The average molecular weight is 237 g/mol. The number of carbonyl (C=O) groups is 1. The van der Waals surface area contributed by atoms with E-state index in [0.29, 0.717) is 12.5 Å². The number of nitrogens with two attached hydrogens (primary N) is 1. The Morgan fingerprint density at radius 3 is 2.65 bits per heavy atom. The fraction of sp³-hybridized carbons (Fsp3) is 0.364. The predicted octanol–water partition coefficient (Wildman–Crippen LogP) is 1.56. The van der Waals surface area contributed by atoms with Crippen LogP contribution in [0, 0.1) is 16.0 Å². The number of nitro benzene ring substituents is 1. The van der Waals surface area contributed by atoms with Crippen LogP contribution in [0.15, 0.2) is 18.2 Å². The van der Waals surface area contributed by atoms with Gasteiger partial charge >= 0.3 is 0 Å². The molecule has 0 saturated carbocycles. The van der Waals surface area contributed by atoms with Gasteiger partial charge in [0, 0.05) is 18.7 Å². The summed E-state index contributed by atoms with van der Waals surface area (Å²) in [6, 6.07) is 3.81. The molecule has 0 aliphatic heterocycles. The molecule has 0 fully saturated rings. The summed E-state index contributed by atoms with van der Waals surface area (Å²) in [7, 11) is 0. The summed E-state index contributed by atoms with van der Waals surface area (Å²) in [6.07, 6.45) is 0. The third kappa shape index (κ3) is 3.44. The summed E-state index contributed by atoms with van der Waals surface area (Å²) in [5.41, 5.74) is 5.85. The van der Waals surface area contributed by atoms with Crippen LogP contribution in [-0.2, 0) is 0 Å². The molecule has 3 N–H and O–H groups in total. The van der Waals surface area contributed by atoms with E-state index < -0.39 is 4.92 Å². The molecule has 6 heteroatoms. The number of hydrogen-bond donors (Lipinski definition) is 2. The van der Waals surface area contributed by atoms with Gasteiger partial charge in [0.2, 0.25) is 0 Å². The SMILES string of the molecule is CC(C)CNC(=O)c1ccc([N+](=O)[O-])cc1N. The first-order chi connectivity index (χ1) is 7.91. The Kier molecular flexibility index (Phi) is 4.03. The van der Waals surface area contributed by atoms with E-state index in [1.165, 1.54) is 18.2 Å². The Labute approximate surface area is 99.0 Å². The maximum Gasteiger partial charge on any atom is 0.271 e. The number of carbonyl (C=O) groups excluding carboxylic acids is 1. The van der Waals surface area contributed by atoms with E-state index in [-0.39, 0.29) is 22.8 Å². The van der Waals surface area contributed by atoms with Gasteiger partial charge in [0.25, 0.3) is 11.6 Å². The van der Waals surface area contributed by atoms with Crippen LogP contribution in [0.5, 0.6) is 0 Å². The molecule has 17 heavy (non-hydrogen) atoms. The summed E-state index contributed by atoms with van der Waals surface area (Å²) >= 11 is 0. The van der Waals surface area contributed by atoms with Crippen LogP contribution in [0.25, 0.3) is 0 Å². The van der Waals surface area contributed by atoms with Crippen LogP contribution >= 0.6 is 0 Å². The van der Waals surface area contributed by atoms with E-state index >= 15 is 0 Å². The first-order valence-corrected chi connectivity index (χ1v) is 5.24. The summed E-state index contributed by atoms with van der Waals surface area (Å²) in [4.78, 5) is 21.6. The Morgan fingerprint density at radius 1 is 1.53 bits per heavy atom. The van der Waals surface area contributed by atoms with Crippen molar-refractivity contribution in [1.82, 2.24) is 5.32 Å². The van der Waals surface area contributed by atoms with Crippen molar-refractivity contribution >= 4 is 17.3 Å². The molecule has 0 radical (unpaired) electrons. The van der Waals surface area contributed by atoms with E-state index in [0.717, 1.165) is 0 Å². The number of benzene rings is 1. The predicted molar refractivity (Wildman–Crippen MR) is 64.7 cm³/mol. The molecule has 0 saturated heterocycles. The molecule has 92 valence electrons. The maximum absolute atomic E-state index is 11.7. The highest BCUT2D eigenvalue weighted by Gasteiger charge is 2.13. The standard InChI is InChI=1S/C11H15N3O3/c1-7(2)6-13-11(15)9-4-3-8(14(16)17)5-10(9)12/h3-5,7H,6,12H2,1-2H3,(H,13,15). The van der Waals surface area contributed by atoms with Gasteiger partial charge < -0.3 is 11.1 Å². The lowest BCUT2D eigenvalue weighted by atomic mass is 10.1. The Morgan fingerprint density at radius 2 is 2.18 bits per heavy atom. The number of nitrogens with one attached hydrogen (secondary N) is 1. The van der Waals surface area contributed by atoms with Crippen molar-refractivity contribution in [3.63, 3.8) is 0 Å². The van der Waals surface area contributed by atoms with Crippen LogP contribution in [0.3, 0.4) is 0 Å². The van der Waals surface area contributed by atoms with E-state index in [2.05, 4.69) is 5.32 Å². The topological polar surface area (TPSA) is 98.3 Å². The van der Waals surface area contributed by atoms with Gasteiger partial charge in [0.05, 0.1) is 16.2 Å². The molecule has 1 amide bonds. The van der Waals surface area contributed by atoms with Crippen LogP contribution < -0.4 is 11.1 Å². The van der Waals surface area contributed by atoms with Crippen molar-refractivity contribution in [3.8, 4) is 0 Å². The third-order valence-corrected chi connectivity index (χ3v) is 2.16. The van der Waals surface area contributed by atoms with Gasteiger partial charge in [-0.1, -0.05) is 13.8 Å². The molecule has 1 aromatic rings. The number of amides is 1. The van der Waals surface area contributed by atoms with Crippen molar-refractivity contribution < 1.29 is 9.72 Å². The van der Waals surface area contributed by atoms with Crippen molar-refractivity contribution in [2.75, 3.05) is 12.3 Å². The molecule has 0 aliphatic carbocycles. The van der Waals surface area contributed by atoms with Gasteiger partial charge in [-0.15, -0.1) is 0 Å². The average Bonchev–Trinajstić information content (AvgIpc) is 2.25. The number of nitrogens with zero attached hydrogens (tertiary/aromatic N) is 1. The minimum Gasteiger partial charge on any atom is -0.398 e. The van der Waals surface area contributed by atoms with Crippen molar-refractivity contribution in [3.05, 3.63) is 33.9 Å². The van der Waals surface area contributed by atoms with E-state index in [9.17, 15) is 14.9 Å². The second-order valence-corrected chi connectivity index (χ2v) is 4.13. The van der Waals surface area contributed by atoms with Crippen molar-refractivity contribution in [2.24, 2.45) is 5.92 Å². The molecule has 0 aromatic heterocycles. The lowest BCUT2D eigenvalue weighted by molar-refractivity contribution is -0.384. The second kappa shape index (κ2) is 5.29. The summed E-state index contributed by atoms with van der Waals surface area (Å²) in [6.45, 7) is 4.48. The van der Waals surface area contributed by atoms with Crippen LogP contribution in [-0.4, -0.2) is 17.4 Å². The van der Waals surface area contributed by atoms with Gasteiger partial charge in [-0.25, -0.2) is 0 Å². The number of nitro groups is 1.